The highest BCUT2D eigenvalue weighted by Gasteiger charge is 2.14. The molecular formula is C15H17NO2. The van der Waals surface area contributed by atoms with Crippen LogP contribution in [0.3, 0.4) is 0 Å². The van der Waals surface area contributed by atoms with E-state index in [-0.39, 0.29) is 0 Å². The molecule has 0 unspecified atom stereocenters. The summed E-state index contributed by atoms with van der Waals surface area (Å²) in [5.41, 5.74) is 4.58. The molecule has 1 aromatic heterocycles. The van der Waals surface area contributed by atoms with Crippen molar-refractivity contribution in [3.05, 3.63) is 58.4 Å². The maximum atomic E-state index is 11.1. The van der Waals surface area contributed by atoms with Crippen molar-refractivity contribution in [1.82, 2.24) is 4.57 Å². The van der Waals surface area contributed by atoms with Gasteiger partial charge in [-0.2, -0.15) is 0 Å². The lowest BCUT2D eigenvalue weighted by molar-refractivity contribution is 0.0696. The molecule has 0 amide bonds. The third kappa shape index (κ3) is 2.30. The van der Waals surface area contributed by atoms with Crippen LogP contribution in [0.25, 0.3) is 0 Å². The van der Waals surface area contributed by atoms with Crippen molar-refractivity contribution < 1.29 is 9.90 Å². The second-order valence-electron chi connectivity index (χ2n) is 4.66. The van der Waals surface area contributed by atoms with Crippen molar-refractivity contribution in [2.75, 3.05) is 0 Å². The summed E-state index contributed by atoms with van der Waals surface area (Å²) >= 11 is 0. The van der Waals surface area contributed by atoms with E-state index in [0.717, 1.165) is 11.4 Å². The highest BCUT2D eigenvalue weighted by molar-refractivity contribution is 5.89. The topological polar surface area (TPSA) is 42.2 Å². The molecule has 2 rings (SSSR count). The van der Waals surface area contributed by atoms with E-state index in [4.69, 9.17) is 5.11 Å². The lowest BCUT2D eigenvalue weighted by Gasteiger charge is -2.09. The van der Waals surface area contributed by atoms with E-state index in [0.29, 0.717) is 12.1 Å². The summed E-state index contributed by atoms with van der Waals surface area (Å²) in [5, 5.41) is 9.09. The number of nitrogens with zero attached hydrogens (tertiary/aromatic N) is 1. The normalized spacial score (nSPS) is 10.6. The third-order valence-electron chi connectivity index (χ3n) is 3.27. The molecule has 0 aliphatic carbocycles. The van der Waals surface area contributed by atoms with Gasteiger partial charge in [0.05, 0.1) is 5.56 Å². The highest BCUT2D eigenvalue weighted by Crippen LogP contribution is 2.17. The highest BCUT2D eigenvalue weighted by atomic mass is 16.4. The minimum absolute atomic E-state index is 0.389. The second kappa shape index (κ2) is 4.69. The van der Waals surface area contributed by atoms with Crippen LogP contribution in [0.2, 0.25) is 0 Å². The maximum absolute atomic E-state index is 11.1. The van der Waals surface area contributed by atoms with E-state index in [1.165, 1.54) is 11.1 Å². The van der Waals surface area contributed by atoms with Crippen molar-refractivity contribution in [2.45, 2.75) is 27.3 Å². The van der Waals surface area contributed by atoms with E-state index >= 15 is 0 Å². The molecule has 0 saturated carbocycles. The molecule has 0 fully saturated rings. The molecule has 1 N–H and O–H groups in total. The Labute approximate surface area is 107 Å². The van der Waals surface area contributed by atoms with Gasteiger partial charge in [0, 0.05) is 17.9 Å². The van der Waals surface area contributed by atoms with Crippen LogP contribution < -0.4 is 0 Å². The summed E-state index contributed by atoms with van der Waals surface area (Å²) in [7, 11) is 0. The molecule has 94 valence electrons. The minimum Gasteiger partial charge on any atom is -0.478 e. The van der Waals surface area contributed by atoms with Crippen LogP contribution >= 0.6 is 0 Å². The quantitative estimate of drug-likeness (QED) is 0.899. The number of hydrogen-bond acceptors (Lipinski definition) is 1. The zero-order valence-corrected chi connectivity index (χ0v) is 10.9. The number of rotatable bonds is 3. The zero-order chi connectivity index (χ0) is 13.3. The van der Waals surface area contributed by atoms with Crippen LogP contribution in [0.15, 0.2) is 30.3 Å². The molecule has 0 atom stereocenters. The molecule has 0 radical (unpaired) electrons. The smallest absolute Gasteiger partial charge is 0.337 e. The number of aromatic carboxylic acids is 1. The monoisotopic (exact) mass is 243 g/mol. The molecule has 3 nitrogen and oxygen atoms in total. The van der Waals surface area contributed by atoms with Gasteiger partial charge in [0.15, 0.2) is 0 Å². The van der Waals surface area contributed by atoms with Crippen molar-refractivity contribution in [3.63, 3.8) is 0 Å². The Bertz CT molecular complexity index is 579. The largest absolute Gasteiger partial charge is 0.478 e. The van der Waals surface area contributed by atoms with Gasteiger partial charge in [0.25, 0.3) is 0 Å². The average Bonchev–Trinajstić information content (AvgIpc) is 2.60. The number of benzene rings is 1. The summed E-state index contributed by atoms with van der Waals surface area (Å²) in [5.74, 6) is -0.863. The molecule has 0 aliphatic rings. The van der Waals surface area contributed by atoms with Gasteiger partial charge in [0.2, 0.25) is 0 Å². The van der Waals surface area contributed by atoms with Crippen molar-refractivity contribution in [3.8, 4) is 0 Å². The van der Waals surface area contributed by atoms with Gasteiger partial charge in [-0.25, -0.2) is 4.79 Å². The fourth-order valence-corrected chi connectivity index (χ4v) is 2.14. The molecule has 18 heavy (non-hydrogen) atoms. The van der Waals surface area contributed by atoms with Crippen molar-refractivity contribution >= 4 is 5.97 Å². The second-order valence-corrected chi connectivity index (χ2v) is 4.66. The average molecular weight is 243 g/mol. The number of carboxylic acid groups (broad SMARTS) is 1. The van der Waals surface area contributed by atoms with Crippen LogP contribution in [-0.2, 0) is 6.54 Å². The molecule has 1 aromatic carbocycles. The van der Waals surface area contributed by atoms with Gasteiger partial charge in [-0.1, -0.05) is 29.8 Å². The zero-order valence-electron chi connectivity index (χ0n) is 10.9. The summed E-state index contributed by atoms with van der Waals surface area (Å²) < 4.78 is 2.04. The molecule has 0 bridgehead atoms. The Morgan fingerprint density at radius 3 is 2.28 bits per heavy atom. The fourth-order valence-electron chi connectivity index (χ4n) is 2.14. The van der Waals surface area contributed by atoms with Gasteiger partial charge in [-0.05, 0) is 32.4 Å². The first-order valence-corrected chi connectivity index (χ1v) is 5.94. The Morgan fingerprint density at radius 2 is 1.78 bits per heavy atom. The predicted octanol–water partition coefficient (Wildman–Crippen LogP) is 3.16. The Balaban J connectivity index is 2.34. The van der Waals surface area contributed by atoms with E-state index in [9.17, 15) is 4.79 Å². The van der Waals surface area contributed by atoms with E-state index < -0.39 is 5.97 Å². The molecule has 0 spiro atoms. The van der Waals surface area contributed by atoms with Gasteiger partial charge in [0.1, 0.15) is 0 Å². The number of aromatic nitrogens is 1. The predicted molar refractivity (Wildman–Crippen MR) is 71.1 cm³/mol. The molecule has 2 aromatic rings. The lowest BCUT2D eigenvalue weighted by atomic mass is 10.1. The summed E-state index contributed by atoms with van der Waals surface area (Å²) in [6.07, 6.45) is 0. The van der Waals surface area contributed by atoms with Crippen LogP contribution in [-0.4, -0.2) is 15.6 Å². The minimum atomic E-state index is -0.863. The Kier molecular flexibility index (Phi) is 3.24. The van der Waals surface area contributed by atoms with E-state index in [1.54, 1.807) is 6.07 Å². The summed E-state index contributed by atoms with van der Waals surface area (Å²) in [6, 6.07) is 10.0. The van der Waals surface area contributed by atoms with Crippen LogP contribution in [0.1, 0.15) is 32.9 Å². The summed E-state index contributed by atoms with van der Waals surface area (Å²) in [4.78, 5) is 11.1. The fraction of sp³-hybridized carbons (Fsp3) is 0.267. The molecule has 0 saturated heterocycles. The van der Waals surface area contributed by atoms with Crippen molar-refractivity contribution in [2.24, 2.45) is 0 Å². The lowest BCUT2D eigenvalue weighted by Crippen LogP contribution is -2.05. The first kappa shape index (κ1) is 12.4. The standard InChI is InChI=1S/C15H17NO2/c1-10-4-6-13(7-5-10)9-16-11(2)8-14(12(16)3)15(17)18/h4-8H,9H2,1-3H3,(H,17,18). The van der Waals surface area contributed by atoms with Gasteiger partial charge < -0.3 is 9.67 Å². The number of carbonyl (C=O) groups is 1. The SMILES string of the molecule is Cc1ccc(Cn2c(C)cc(C(=O)O)c2C)cc1. The summed E-state index contributed by atoms with van der Waals surface area (Å²) in [6.45, 7) is 6.56. The number of hydrogen-bond donors (Lipinski definition) is 1. The molecule has 0 aliphatic heterocycles. The van der Waals surface area contributed by atoms with Gasteiger partial charge in [-0.3, -0.25) is 0 Å². The first-order valence-electron chi connectivity index (χ1n) is 5.94. The van der Waals surface area contributed by atoms with Crippen molar-refractivity contribution in [1.29, 1.82) is 0 Å². The van der Waals surface area contributed by atoms with E-state index in [1.807, 2.05) is 18.4 Å². The van der Waals surface area contributed by atoms with Crippen LogP contribution in [0.4, 0.5) is 0 Å². The number of carboxylic acids is 1. The van der Waals surface area contributed by atoms with Crippen LogP contribution in [0, 0.1) is 20.8 Å². The molecule has 1 heterocycles. The first-order chi connectivity index (χ1) is 8.49. The third-order valence-corrected chi connectivity index (χ3v) is 3.27. The van der Waals surface area contributed by atoms with E-state index in [2.05, 4.69) is 31.2 Å². The Hall–Kier alpha value is -2.03. The molecule has 3 heteroatoms. The van der Waals surface area contributed by atoms with Gasteiger partial charge in [-0.15, -0.1) is 0 Å². The Morgan fingerprint density at radius 1 is 1.17 bits per heavy atom. The number of aryl methyl sites for hydroxylation is 2. The maximum Gasteiger partial charge on any atom is 0.337 e. The van der Waals surface area contributed by atoms with Crippen LogP contribution in [0.5, 0.6) is 0 Å². The van der Waals surface area contributed by atoms with Gasteiger partial charge >= 0.3 is 5.97 Å². The molecular weight excluding hydrogens is 226 g/mol.